The highest BCUT2D eigenvalue weighted by Crippen LogP contribution is 2.51. The smallest absolute Gasteiger partial charge is 0.327 e. The third kappa shape index (κ3) is 4.53. The number of rotatable bonds is 5. The number of pyridine rings is 1. The average Bonchev–Trinajstić information content (AvgIpc) is 3.27. The molecule has 3 N–H and O–H groups in total. The number of hydrogen-bond donors (Lipinski definition) is 3. The third-order valence-electron chi connectivity index (χ3n) is 7.20. The maximum absolute atomic E-state index is 13.5. The number of nitrogens with one attached hydrogen (secondary N) is 2. The zero-order valence-corrected chi connectivity index (χ0v) is 21.2. The summed E-state index contributed by atoms with van der Waals surface area (Å²) < 4.78 is 5.96. The van der Waals surface area contributed by atoms with Gasteiger partial charge in [-0.3, -0.25) is 9.69 Å². The molecular weight excluding hydrogens is 488 g/mol. The summed E-state index contributed by atoms with van der Waals surface area (Å²) >= 11 is 1.39. The molecule has 3 aromatic rings. The molecule has 1 saturated carbocycles. The van der Waals surface area contributed by atoms with Gasteiger partial charge in [0.25, 0.3) is 0 Å². The number of ether oxygens (including phenoxy) is 1. The zero-order chi connectivity index (χ0) is 25.5. The Balaban J connectivity index is 1.25. The second-order valence-corrected chi connectivity index (χ2v) is 10.9. The molecule has 0 radical (unpaired) electrons. The van der Waals surface area contributed by atoms with Crippen LogP contribution in [-0.4, -0.2) is 39.4 Å². The number of aliphatic hydroxyl groups is 1. The SMILES string of the molecule is Cc1cc(Oc2ccccc2)ccc1N1C(=O)NC2c3c1ccnc3SC2C(=O)NC1CCC(O)CC1. The Hall–Kier alpha value is -3.56. The van der Waals surface area contributed by atoms with Gasteiger partial charge < -0.3 is 20.5 Å². The van der Waals surface area contributed by atoms with Crippen molar-refractivity contribution in [1.82, 2.24) is 15.6 Å². The molecule has 9 heteroatoms. The van der Waals surface area contributed by atoms with Crippen molar-refractivity contribution in [2.24, 2.45) is 0 Å². The van der Waals surface area contributed by atoms with Gasteiger partial charge in [-0.1, -0.05) is 30.0 Å². The number of aryl methyl sites for hydroxylation is 1. The summed E-state index contributed by atoms with van der Waals surface area (Å²) in [6, 6.07) is 16.3. The van der Waals surface area contributed by atoms with Gasteiger partial charge in [-0.05, 0) is 74.6 Å². The van der Waals surface area contributed by atoms with Gasteiger partial charge in [0.15, 0.2) is 0 Å². The van der Waals surface area contributed by atoms with E-state index in [1.54, 1.807) is 11.1 Å². The van der Waals surface area contributed by atoms with Crippen molar-refractivity contribution in [2.75, 3.05) is 4.90 Å². The first kappa shape index (κ1) is 23.8. The molecule has 2 atom stereocenters. The molecule has 0 bridgehead atoms. The van der Waals surface area contributed by atoms with Crippen LogP contribution >= 0.6 is 11.8 Å². The quantitative estimate of drug-likeness (QED) is 0.442. The number of aromatic nitrogens is 1. The molecule has 1 fully saturated rings. The number of amides is 3. The molecule has 6 rings (SSSR count). The molecule has 3 amide bonds. The molecule has 37 heavy (non-hydrogen) atoms. The van der Waals surface area contributed by atoms with E-state index in [1.165, 1.54) is 11.8 Å². The van der Waals surface area contributed by atoms with Crippen molar-refractivity contribution >= 4 is 35.1 Å². The van der Waals surface area contributed by atoms with Crippen LogP contribution in [-0.2, 0) is 4.79 Å². The number of urea groups is 1. The van der Waals surface area contributed by atoms with Gasteiger partial charge in [-0.25, -0.2) is 9.78 Å². The first-order valence-corrected chi connectivity index (χ1v) is 13.4. The number of para-hydroxylation sites is 1. The normalized spacial score (nSPS) is 24.3. The largest absolute Gasteiger partial charge is 0.457 e. The van der Waals surface area contributed by atoms with Gasteiger partial charge >= 0.3 is 6.03 Å². The topological polar surface area (TPSA) is 104 Å². The van der Waals surface area contributed by atoms with E-state index in [-0.39, 0.29) is 24.1 Å². The van der Waals surface area contributed by atoms with Gasteiger partial charge in [-0.2, -0.15) is 0 Å². The predicted molar refractivity (Wildman–Crippen MR) is 141 cm³/mol. The van der Waals surface area contributed by atoms with Crippen LogP contribution in [0.4, 0.5) is 16.2 Å². The number of carbonyl (C=O) groups is 2. The molecule has 2 unspecified atom stereocenters. The zero-order valence-electron chi connectivity index (χ0n) is 20.4. The van der Waals surface area contributed by atoms with Crippen molar-refractivity contribution < 1.29 is 19.4 Å². The summed E-state index contributed by atoms with van der Waals surface area (Å²) in [6.07, 6.45) is 4.31. The molecule has 3 aliphatic rings. The number of aliphatic hydroxyl groups excluding tert-OH is 1. The highest BCUT2D eigenvalue weighted by molar-refractivity contribution is 8.01. The Kier molecular flexibility index (Phi) is 6.26. The number of benzene rings is 2. The first-order chi connectivity index (χ1) is 18.0. The minimum atomic E-state index is -0.496. The lowest BCUT2D eigenvalue weighted by Gasteiger charge is -2.35. The summed E-state index contributed by atoms with van der Waals surface area (Å²) in [5.74, 6) is 1.32. The van der Waals surface area contributed by atoms with Gasteiger partial charge in [0.2, 0.25) is 5.91 Å². The van der Waals surface area contributed by atoms with E-state index in [0.717, 1.165) is 46.1 Å². The third-order valence-corrected chi connectivity index (χ3v) is 8.48. The van der Waals surface area contributed by atoms with E-state index in [4.69, 9.17) is 4.74 Å². The summed E-state index contributed by atoms with van der Waals surface area (Å²) in [7, 11) is 0. The van der Waals surface area contributed by atoms with Crippen molar-refractivity contribution in [3.05, 3.63) is 71.9 Å². The highest BCUT2D eigenvalue weighted by Gasteiger charge is 2.47. The van der Waals surface area contributed by atoms with Gasteiger partial charge in [0.1, 0.15) is 21.8 Å². The number of nitrogens with zero attached hydrogens (tertiary/aromatic N) is 2. The lowest BCUT2D eigenvalue weighted by atomic mass is 9.92. The fraction of sp³-hybridized carbons (Fsp3) is 0.321. The van der Waals surface area contributed by atoms with Crippen LogP contribution < -0.4 is 20.3 Å². The standard InChI is InChI=1S/C28H28N4O4S/c1-16-15-20(36-19-5-3-2-4-6-19)11-12-21(16)32-22-13-14-29-27-23(22)24(31-28(32)35)25(37-27)26(34)30-17-7-9-18(33)10-8-17/h2-6,11-15,17-18,24-25,33H,7-10H2,1H3,(H,30,34)(H,31,35). The lowest BCUT2D eigenvalue weighted by Crippen LogP contribution is -2.50. The van der Waals surface area contributed by atoms with Crippen molar-refractivity contribution in [3.63, 3.8) is 0 Å². The monoisotopic (exact) mass is 516 g/mol. The molecule has 1 aliphatic carbocycles. The van der Waals surface area contributed by atoms with Gasteiger partial charge in [-0.15, -0.1) is 0 Å². The van der Waals surface area contributed by atoms with Gasteiger partial charge in [0, 0.05) is 17.8 Å². The molecule has 2 aromatic carbocycles. The van der Waals surface area contributed by atoms with E-state index in [1.807, 2.05) is 61.5 Å². The van der Waals surface area contributed by atoms with E-state index in [2.05, 4.69) is 15.6 Å². The molecule has 3 heterocycles. The summed E-state index contributed by atoms with van der Waals surface area (Å²) in [5.41, 5.74) is 3.23. The Morgan fingerprint density at radius 3 is 2.62 bits per heavy atom. The van der Waals surface area contributed by atoms with E-state index in [0.29, 0.717) is 18.6 Å². The minimum Gasteiger partial charge on any atom is -0.457 e. The molecule has 2 aliphatic heterocycles. The van der Waals surface area contributed by atoms with E-state index >= 15 is 0 Å². The highest BCUT2D eigenvalue weighted by atomic mass is 32.2. The van der Waals surface area contributed by atoms with Crippen LogP contribution in [0.15, 0.2) is 65.8 Å². The minimum absolute atomic E-state index is 0.0442. The second kappa shape index (κ2) is 9.72. The van der Waals surface area contributed by atoms with Crippen LogP contribution in [0, 0.1) is 6.92 Å². The summed E-state index contributed by atoms with van der Waals surface area (Å²) in [5, 5.41) is 16.2. The van der Waals surface area contributed by atoms with Crippen LogP contribution in [0.5, 0.6) is 11.5 Å². The second-order valence-electron chi connectivity index (χ2n) is 9.73. The van der Waals surface area contributed by atoms with Crippen molar-refractivity contribution in [1.29, 1.82) is 0 Å². The van der Waals surface area contributed by atoms with Crippen LogP contribution in [0.2, 0.25) is 0 Å². The fourth-order valence-corrected chi connectivity index (χ4v) is 6.57. The van der Waals surface area contributed by atoms with Crippen molar-refractivity contribution in [2.45, 2.75) is 61.1 Å². The number of carbonyl (C=O) groups excluding carboxylic acids is 2. The van der Waals surface area contributed by atoms with Crippen molar-refractivity contribution in [3.8, 4) is 11.5 Å². The molecule has 0 spiro atoms. The molecule has 0 saturated heterocycles. The molecule has 1 aromatic heterocycles. The summed E-state index contributed by atoms with van der Waals surface area (Å²) in [6.45, 7) is 1.94. The Morgan fingerprint density at radius 2 is 1.86 bits per heavy atom. The Labute approximate surface area is 219 Å². The molecule has 190 valence electrons. The van der Waals surface area contributed by atoms with Crippen LogP contribution in [0.3, 0.4) is 0 Å². The number of thioether (sulfide) groups is 1. The lowest BCUT2D eigenvalue weighted by molar-refractivity contribution is -0.122. The summed E-state index contributed by atoms with van der Waals surface area (Å²) in [4.78, 5) is 32.9. The predicted octanol–water partition coefficient (Wildman–Crippen LogP) is 4.98. The average molecular weight is 517 g/mol. The molecular formula is C28H28N4O4S. The maximum Gasteiger partial charge on any atom is 0.327 e. The Morgan fingerprint density at radius 1 is 1.08 bits per heavy atom. The van der Waals surface area contributed by atoms with Gasteiger partial charge in [0.05, 0.1) is 23.5 Å². The number of hydrogen-bond acceptors (Lipinski definition) is 6. The van der Waals surface area contributed by atoms with Crippen LogP contribution in [0.1, 0.15) is 42.9 Å². The maximum atomic E-state index is 13.5. The molecule has 8 nitrogen and oxygen atoms in total. The van der Waals surface area contributed by atoms with E-state index < -0.39 is 11.3 Å². The van der Waals surface area contributed by atoms with Crippen LogP contribution in [0.25, 0.3) is 0 Å². The Bertz CT molecular complexity index is 1340. The first-order valence-electron chi connectivity index (χ1n) is 12.6. The number of anilines is 2. The van der Waals surface area contributed by atoms with E-state index in [9.17, 15) is 14.7 Å². The fourth-order valence-electron chi connectivity index (χ4n) is 5.33.